The van der Waals surface area contributed by atoms with Crippen molar-refractivity contribution in [2.75, 3.05) is 19.6 Å². The summed E-state index contributed by atoms with van der Waals surface area (Å²) in [6.07, 6.45) is 2.60. The molecule has 0 unspecified atom stereocenters. The lowest BCUT2D eigenvalue weighted by Gasteiger charge is -2.33. The first-order valence-electron chi connectivity index (χ1n) is 10.1. The molecule has 0 N–H and O–H groups in total. The summed E-state index contributed by atoms with van der Waals surface area (Å²) in [6.45, 7) is 11.0. The van der Waals surface area contributed by atoms with Crippen LogP contribution in [0, 0.1) is 0 Å². The van der Waals surface area contributed by atoms with Gasteiger partial charge in [-0.1, -0.05) is 26.0 Å². The number of fused-ring (bicyclic) bond motifs is 1. The van der Waals surface area contributed by atoms with Gasteiger partial charge in [-0.15, -0.1) is 10.2 Å². The van der Waals surface area contributed by atoms with Gasteiger partial charge in [-0.05, 0) is 50.6 Å². The molecule has 3 heterocycles. The van der Waals surface area contributed by atoms with E-state index < -0.39 is 0 Å². The monoisotopic (exact) mass is 367 g/mol. The molecule has 2 aliphatic rings. The van der Waals surface area contributed by atoms with Crippen molar-refractivity contribution in [3.8, 4) is 0 Å². The van der Waals surface area contributed by atoms with Crippen molar-refractivity contribution in [2.45, 2.75) is 58.7 Å². The maximum Gasteiger partial charge on any atom is 0.254 e. The van der Waals surface area contributed by atoms with E-state index in [4.69, 9.17) is 0 Å². The number of carbonyl (C=O) groups excluding carboxylic acids is 1. The molecule has 0 spiro atoms. The van der Waals surface area contributed by atoms with Crippen LogP contribution in [0.2, 0.25) is 0 Å². The van der Waals surface area contributed by atoms with Crippen LogP contribution >= 0.6 is 0 Å². The Morgan fingerprint density at radius 2 is 1.85 bits per heavy atom. The molecule has 0 saturated carbocycles. The summed E-state index contributed by atoms with van der Waals surface area (Å²) < 4.78 is 2.20. The van der Waals surface area contributed by atoms with Crippen LogP contribution in [0.3, 0.4) is 0 Å². The maximum absolute atomic E-state index is 13.0. The van der Waals surface area contributed by atoms with Gasteiger partial charge in [0.25, 0.3) is 5.91 Å². The van der Waals surface area contributed by atoms with E-state index in [1.165, 1.54) is 31.5 Å². The molecule has 1 fully saturated rings. The van der Waals surface area contributed by atoms with Crippen molar-refractivity contribution in [1.29, 1.82) is 0 Å². The fourth-order valence-electron chi connectivity index (χ4n) is 4.24. The zero-order valence-electron chi connectivity index (χ0n) is 16.6. The van der Waals surface area contributed by atoms with Crippen molar-refractivity contribution in [3.63, 3.8) is 0 Å². The van der Waals surface area contributed by atoms with E-state index >= 15 is 0 Å². The van der Waals surface area contributed by atoms with E-state index in [0.29, 0.717) is 19.0 Å². The van der Waals surface area contributed by atoms with Crippen LogP contribution in [-0.4, -0.2) is 50.1 Å². The van der Waals surface area contributed by atoms with Gasteiger partial charge in [0.2, 0.25) is 0 Å². The van der Waals surface area contributed by atoms with Gasteiger partial charge in [-0.2, -0.15) is 0 Å². The first kappa shape index (κ1) is 18.2. The zero-order valence-corrected chi connectivity index (χ0v) is 16.6. The average Bonchev–Trinajstić information content (AvgIpc) is 3.31. The second-order valence-electron chi connectivity index (χ2n) is 8.21. The number of hydrogen-bond acceptors (Lipinski definition) is 4. The summed E-state index contributed by atoms with van der Waals surface area (Å²) in [5.74, 6) is 2.31. The van der Waals surface area contributed by atoms with Gasteiger partial charge in [0.05, 0.1) is 12.6 Å². The highest BCUT2D eigenvalue weighted by Crippen LogP contribution is 2.26. The van der Waals surface area contributed by atoms with Crippen molar-refractivity contribution in [3.05, 3.63) is 47.0 Å². The molecule has 0 aliphatic carbocycles. The topological polar surface area (TPSA) is 54.3 Å². The van der Waals surface area contributed by atoms with Crippen LogP contribution in [0.5, 0.6) is 0 Å². The van der Waals surface area contributed by atoms with Crippen LogP contribution in [0.4, 0.5) is 0 Å². The van der Waals surface area contributed by atoms with E-state index in [1.54, 1.807) is 0 Å². The van der Waals surface area contributed by atoms with E-state index in [-0.39, 0.29) is 11.9 Å². The van der Waals surface area contributed by atoms with E-state index in [1.807, 2.05) is 17.0 Å². The minimum atomic E-state index is 0.0786. The van der Waals surface area contributed by atoms with Gasteiger partial charge in [0, 0.05) is 24.6 Å². The lowest BCUT2D eigenvalue weighted by atomic mass is 10.1. The Morgan fingerprint density at radius 3 is 2.52 bits per heavy atom. The number of likely N-dealkylation sites (tertiary alicyclic amines) is 1. The quantitative estimate of drug-likeness (QED) is 0.833. The third-order valence-corrected chi connectivity index (χ3v) is 5.66. The van der Waals surface area contributed by atoms with Crippen LogP contribution in [0.1, 0.15) is 73.1 Å². The summed E-state index contributed by atoms with van der Waals surface area (Å²) in [5.41, 5.74) is 2.03. The third kappa shape index (κ3) is 3.63. The lowest BCUT2D eigenvalue weighted by molar-refractivity contribution is 0.0679. The molecule has 6 heteroatoms. The number of carbonyl (C=O) groups is 1. The SMILES string of the molecule is CC(C)c1nnc2n1[C@@H](C)CN(C(=O)c1ccc(CN3CCCC3)cc1)C2. The van der Waals surface area contributed by atoms with Gasteiger partial charge in [0.1, 0.15) is 5.82 Å². The van der Waals surface area contributed by atoms with E-state index in [2.05, 4.69) is 52.6 Å². The Morgan fingerprint density at radius 1 is 1.15 bits per heavy atom. The van der Waals surface area contributed by atoms with E-state index in [9.17, 15) is 4.79 Å². The first-order chi connectivity index (χ1) is 13.0. The van der Waals surface area contributed by atoms with Gasteiger partial charge in [-0.3, -0.25) is 9.69 Å². The standard InChI is InChI=1S/C21H29N5O/c1-15(2)20-23-22-19-14-25(12-16(3)26(19)20)21(27)18-8-6-17(7-9-18)13-24-10-4-5-11-24/h6-9,15-16H,4-5,10-14H2,1-3H3/t16-/m0/s1. The van der Waals surface area contributed by atoms with Crippen LogP contribution < -0.4 is 0 Å². The molecule has 0 radical (unpaired) electrons. The molecule has 1 aromatic heterocycles. The smallest absolute Gasteiger partial charge is 0.254 e. The fourth-order valence-corrected chi connectivity index (χ4v) is 4.24. The number of amides is 1. The molecule has 2 aromatic rings. The summed E-state index contributed by atoms with van der Waals surface area (Å²) in [5, 5.41) is 8.68. The first-order valence-corrected chi connectivity index (χ1v) is 10.1. The minimum Gasteiger partial charge on any atom is -0.329 e. The Balaban J connectivity index is 1.46. The molecule has 144 valence electrons. The molecule has 1 amide bonds. The van der Waals surface area contributed by atoms with Gasteiger partial charge < -0.3 is 9.47 Å². The minimum absolute atomic E-state index is 0.0786. The Labute approximate surface area is 161 Å². The highest BCUT2D eigenvalue weighted by atomic mass is 16.2. The van der Waals surface area contributed by atoms with E-state index in [0.717, 1.165) is 23.8 Å². The Bertz CT molecular complexity index is 804. The fraction of sp³-hybridized carbons (Fsp3) is 0.571. The predicted octanol–water partition coefficient (Wildman–Crippen LogP) is 3.21. The summed E-state index contributed by atoms with van der Waals surface area (Å²) >= 11 is 0. The molecule has 4 rings (SSSR count). The van der Waals surface area contributed by atoms with Crippen molar-refractivity contribution >= 4 is 5.91 Å². The molecule has 27 heavy (non-hydrogen) atoms. The molecule has 1 aromatic carbocycles. The summed E-state index contributed by atoms with van der Waals surface area (Å²) in [7, 11) is 0. The predicted molar refractivity (Wildman–Crippen MR) is 105 cm³/mol. The maximum atomic E-state index is 13.0. The number of hydrogen-bond donors (Lipinski definition) is 0. The zero-order chi connectivity index (χ0) is 19.0. The van der Waals surface area contributed by atoms with Gasteiger partial charge in [-0.25, -0.2) is 0 Å². The van der Waals surface area contributed by atoms with Crippen LogP contribution in [0.15, 0.2) is 24.3 Å². The average molecular weight is 367 g/mol. The molecule has 0 bridgehead atoms. The highest BCUT2D eigenvalue weighted by Gasteiger charge is 2.30. The normalized spacial score (nSPS) is 20.3. The summed E-state index contributed by atoms with van der Waals surface area (Å²) in [4.78, 5) is 17.4. The largest absolute Gasteiger partial charge is 0.329 e. The molecule has 1 atom stereocenters. The number of benzene rings is 1. The van der Waals surface area contributed by atoms with Crippen LogP contribution in [-0.2, 0) is 13.1 Å². The van der Waals surface area contributed by atoms with Gasteiger partial charge in [0.15, 0.2) is 5.82 Å². The molecular weight excluding hydrogens is 338 g/mol. The summed E-state index contributed by atoms with van der Waals surface area (Å²) in [6, 6.07) is 8.32. The molecule has 6 nitrogen and oxygen atoms in total. The molecule has 2 aliphatic heterocycles. The molecular formula is C21H29N5O. The van der Waals surface area contributed by atoms with Crippen molar-refractivity contribution < 1.29 is 4.79 Å². The Hall–Kier alpha value is -2.21. The number of aromatic nitrogens is 3. The van der Waals surface area contributed by atoms with Gasteiger partial charge >= 0.3 is 0 Å². The number of nitrogens with zero attached hydrogens (tertiary/aromatic N) is 5. The number of rotatable bonds is 4. The Kier molecular flexibility index (Phi) is 5.00. The lowest BCUT2D eigenvalue weighted by Crippen LogP contribution is -2.40. The van der Waals surface area contributed by atoms with Crippen molar-refractivity contribution in [1.82, 2.24) is 24.6 Å². The molecule has 1 saturated heterocycles. The second-order valence-corrected chi connectivity index (χ2v) is 8.21. The third-order valence-electron chi connectivity index (χ3n) is 5.66. The highest BCUT2D eigenvalue weighted by molar-refractivity contribution is 5.94. The second kappa shape index (κ2) is 7.43. The van der Waals surface area contributed by atoms with Crippen molar-refractivity contribution in [2.24, 2.45) is 0 Å². The van der Waals surface area contributed by atoms with Crippen LogP contribution in [0.25, 0.3) is 0 Å².